The van der Waals surface area contributed by atoms with Crippen molar-refractivity contribution in [3.63, 3.8) is 0 Å². The first-order chi connectivity index (χ1) is 10.5. The smallest absolute Gasteiger partial charge is 0.336 e. The molecule has 0 spiro atoms. The van der Waals surface area contributed by atoms with E-state index in [-0.39, 0.29) is 11.9 Å². The average Bonchev–Trinajstić information content (AvgIpc) is 2.47. The van der Waals surface area contributed by atoms with E-state index < -0.39 is 5.63 Å². The van der Waals surface area contributed by atoms with Crippen molar-refractivity contribution in [2.45, 2.75) is 46.5 Å². The number of ether oxygens (including phenoxy) is 1. The molecule has 4 nitrogen and oxygen atoms in total. The monoisotopic (exact) mass is 302 g/mol. The van der Waals surface area contributed by atoms with Crippen LogP contribution in [0.4, 0.5) is 0 Å². The van der Waals surface area contributed by atoms with E-state index in [4.69, 9.17) is 9.15 Å². The van der Waals surface area contributed by atoms with Crippen LogP contribution in [0.2, 0.25) is 0 Å². The molecule has 118 valence electrons. The highest BCUT2D eigenvalue weighted by Crippen LogP contribution is 2.24. The number of esters is 1. The van der Waals surface area contributed by atoms with E-state index in [0.29, 0.717) is 11.3 Å². The maximum atomic E-state index is 12.2. The largest absolute Gasteiger partial charge is 0.426 e. The molecule has 1 atom stereocenters. The second kappa shape index (κ2) is 7.25. The van der Waals surface area contributed by atoms with Crippen LogP contribution in [0.25, 0.3) is 11.0 Å². The predicted octanol–water partition coefficient (Wildman–Crippen LogP) is 4.22. The summed E-state index contributed by atoms with van der Waals surface area (Å²) in [5, 5.41) is 0.845. The maximum Gasteiger partial charge on any atom is 0.336 e. The molecule has 2 rings (SSSR count). The average molecular weight is 302 g/mol. The van der Waals surface area contributed by atoms with Crippen molar-refractivity contribution in [2.75, 3.05) is 0 Å². The lowest BCUT2D eigenvalue weighted by Gasteiger charge is -2.13. The molecule has 0 aliphatic heterocycles. The Kier molecular flexibility index (Phi) is 5.36. The molecule has 0 saturated heterocycles. The van der Waals surface area contributed by atoms with E-state index in [1.807, 2.05) is 19.9 Å². The van der Waals surface area contributed by atoms with Gasteiger partial charge in [-0.25, -0.2) is 4.79 Å². The number of fused-ring (bicyclic) bond motifs is 1. The zero-order valence-corrected chi connectivity index (χ0v) is 13.3. The number of hydrogen-bond donors (Lipinski definition) is 0. The summed E-state index contributed by atoms with van der Waals surface area (Å²) in [6, 6.07) is 6.60. The number of benzene rings is 1. The second-order valence-corrected chi connectivity index (χ2v) is 5.57. The van der Waals surface area contributed by atoms with Crippen molar-refractivity contribution >= 4 is 16.9 Å². The number of aryl methyl sites for hydroxylation is 1. The summed E-state index contributed by atoms with van der Waals surface area (Å²) in [5.41, 5.74) is 0.887. The molecule has 0 fully saturated rings. The standard InChI is InChI=1S/C18H22O4/c1-4-6-7-13(5-2)18(20)21-14-8-9-15-12(3)10-17(19)22-16(15)11-14/h8-11,13H,4-7H2,1-3H3. The van der Waals surface area contributed by atoms with Crippen molar-refractivity contribution in [1.29, 1.82) is 0 Å². The van der Waals surface area contributed by atoms with Gasteiger partial charge in [0.05, 0.1) is 5.92 Å². The maximum absolute atomic E-state index is 12.2. The molecule has 0 saturated carbocycles. The molecule has 1 aromatic heterocycles. The third-order valence-corrected chi connectivity index (χ3v) is 3.87. The van der Waals surface area contributed by atoms with Crippen LogP contribution < -0.4 is 10.4 Å². The lowest BCUT2D eigenvalue weighted by molar-refractivity contribution is -0.139. The number of carbonyl (C=O) groups is 1. The van der Waals surface area contributed by atoms with E-state index >= 15 is 0 Å². The molecule has 1 aromatic carbocycles. The van der Waals surface area contributed by atoms with Crippen LogP contribution in [0, 0.1) is 12.8 Å². The van der Waals surface area contributed by atoms with E-state index in [2.05, 4.69) is 6.92 Å². The summed E-state index contributed by atoms with van der Waals surface area (Å²) in [5.74, 6) is 0.117. The van der Waals surface area contributed by atoms with Gasteiger partial charge in [0.1, 0.15) is 11.3 Å². The quantitative estimate of drug-likeness (QED) is 0.455. The Morgan fingerprint density at radius 2 is 2.05 bits per heavy atom. The number of rotatable bonds is 6. The number of unbranched alkanes of at least 4 members (excludes halogenated alkanes) is 1. The van der Waals surface area contributed by atoms with Crippen LogP contribution in [0.5, 0.6) is 5.75 Å². The van der Waals surface area contributed by atoms with Gasteiger partial charge in [-0.2, -0.15) is 0 Å². The normalized spacial score (nSPS) is 12.3. The summed E-state index contributed by atoms with van der Waals surface area (Å²) in [4.78, 5) is 23.6. The van der Waals surface area contributed by atoms with Crippen molar-refractivity contribution in [3.8, 4) is 5.75 Å². The van der Waals surface area contributed by atoms with Gasteiger partial charge in [0.2, 0.25) is 0 Å². The summed E-state index contributed by atoms with van der Waals surface area (Å²) < 4.78 is 10.6. The first kappa shape index (κ1) is 16.3. The Bertz CT molecular complexity index is 715. The summed E-state index contributed by atoms with van der Waals surface area (Å²) >= 11 is 0. The lowest BCUT2D eigenvalue weighted by atomic mass is 10.00. The van der Waals surface area contributed by atoms with Crippen LogP contribution in [0.15, 0.2) is 33.5 Å². The minimum absolute atomic E-state index is 0.0832. The molecular formula is C18H22O4. The van der Waals surface area contributed by atoms with E-state index in [1.54, 1.807) is 12.1 Å². The van der Waals surface area contributed by atoms with Gasteiger partial charge in [0, 0.05) is 17.5 Å². The predicted molar refractivity (Wildman–Crippen MR) is 86.2 cm³/mol. The molecule has 2 aromatic rings. The molecule has 0 aliphatic rings. The van der Waals surface area contributed by atoms with Gasteiger partial charge < -0.3 is 9.15 Å². The van der Waals surface area contributed by atoms with Crippen LogP contribution in [-0.2, 0) is 4.79 Å². The topological polar surface area (TPSA) is 56.5 Å². The van der Waals surface area contributed by atoms with Gasteiger partial charge in [-0.3, -0.25) is 4.79 Å². The van der Waals surface area contributed by atoms with Crippen molar-refractivity contribution in [2.24, 2.45) is 5.92 Å². The number of hydrogen-bond acceptors (Lipinski definition) is 4. The van der Waals surface area contributed by atoms with Gasteiger partial charge >= 0.3 is 11.6 Å². The zero-order valence-electron chi connectivity index (χ0n) is 13.3. The Morgan fingerprint density at radius 3 is 2.73 bits per heavy atom. The molecule has 0 N–H and O–H groups in total. The summed E-state index contributed by atoms with van der Waals surface area (Å²) in [6.45, 7) is 5.94. The van der Waals surface area contributed by atoms with Crippen LogP contribution in [0.1, 0.15) is 45.1 Å². The lowest BCUT2D eigenvalue weighted by Crippen LogP contribution is -2.20. The molecule has 0 radical (unpaired) electrons. The van der Waals surface area contributed by atoms with Crippen molar-refractivity contribution < 1.29 is 13.9 Å². The molecule has 22 heavy (non-hydrogen) atoms. The number of carbonyl (C=O) groups excluding carboxylic acids is 1. The SMILES string of the molecule is CCCCC(CC)C(=O)Oc1ccc2c(C)cc(=O)oc2c1. The highest BCUT2D eigenvalue weighted by atomic mass is 16.5. The Morgan fingerprint density at radius 1 is 1.27 bits per heavy atom. The third kappa shape index (κ3) is 3.75. The first-order valence-electron chi connectivity index (χ1n) is 7.81. The van der Waals surface area contributed by atoms with Gasteiger partial charge in [0.25, 0.3) is 0 Å². The third-order valence-electron chi connectivity index (χ3n) is 3.87. The van der Waals surface area contributed by atoms with Crippen molar-refractivity contribution in [1.82, 2.24) is 0 Å². The molecule has 4 heteroatoms. The Balaban J connectivity index is 2.21. The van der Waals surface area contributed by atoms with E-state index in [1.165, 1.54) is 6.07 Å². The minimum Gasteiger partial charge on any atom is -0.426 e. The minimum atomic E-state index is -0.400. The van der Waals surface area contributed by atoms with Gasteiger partial charge in [0.15, 0.2) is 0 Å². The fraction of sp³-hybridized carbons (Fsp3) is 0.444. The highest BCUT2D eigenvalue weighted by Gasteiger charge is 2.18. The Hall–Kier alpha value is -2.10. The Labute approximate surface area is 130 Å². The first-order valence-corrected chi connectivity index (χ1v) is 7.81. The fourth-order valence-electron chi connectivity index (χ4n) is 2.51. The molecule has 1 unspecified atom stereocenters. The summed E-state index contributed by atoms with van der Waals surface area (Å²) in [7, 11) is 0. The van der Waals surface area contributed by atoms with Crippen molar-refractivity contribution in [3.05, 3.63) is 40.2 Å². The van der Waals surface area contributed by atoms with Gasteiger partial charge in [-0.05, 0) is 37.5 Å². The van der Waals surface area contributed by atoms with Crippen LogP contribution >= 0.6 is 0 Å². The summed E-state index contributed by atoms with van der Waals surface area (Å²) in [6.07, 6.45) is 3.68. The van der Waals surface area contributed by atoms with Gasteiger partial charge in [-0.15, -0.1) is 0 Å². The van der Waals surface area contributed by atoms with Crippen LogP contribution in [-0.4, -0.2) is 5.97 Å². The molecule has 0 amide bonds. The van der Waals surface area contributed by atoms with Gasteiger partial charge in [-0.1, -0.05) is 26.7 Å². The highest BCUT2D eigenvalue weighted by molar-refractivity contribution is 5.82. The van der Waals surface area contributed by atoms with Crippen LogP contribution in [0.3, 0.4) is 0 Å². The molecule has 1 heterocycles. The molecule has 0 aliphatic carbocycles. The van der Waals surface area contributed by atoms with E-state index in [9.17, 15) is 9.59 Å². The fourth-order valence-corrected chi connectivity index (χ4v) is 2.51. The zero-order chi connectivity index (χ0) is 16.1. The second-order valence-electron chi connectivity index (χ2n) is 5.57. The van der Waals surface area contributed by atoms with E-state index in [0.717, 1.165) is 36.6 Å². The molecule has 0 bridgehead atoms. The molecular weight excluding hydrogens is 280 g/mol.